The molecule has 0 aliphatic heterocycles. The highest BCUT2D eigenvalue weighted by atomic mass is 79.9. The first-order valence-electron chi connectivity index (χ1n) is 5.46. The fraction of sp³-hybridized carbons (Fsp3) is 0.333. The lowest BCUT2D eigenvalue weighted by molar-refractivity contribution is -0.284. The van der Waals surface area contributed by atoms with Gasteiger partial charge in [-0.25, -0.2) is 0 Å². The van der Waals surface area contributed by atoms with Gasteiger partial charge in [0.1, 0.15) is 0 Å². The van der Waals surface area contributed by atoms with E-state index >= 15 is 0 Å². The van der Waals surface area contributed by atoms with E-state index in [9.17, 15) is 26.3 Å². The van der Waals surface area contributed by atoms with E-state index in [1.54, 1.807) is 6.07 Å². The van der Waals surface area contributed by atoms with Crippen LogP contribution < -0.4 is 0 Å². The maximum atomic E-state index is 12.7. The van der Waals surface area contributed by atoms with Crippen LogP contribution in [0.4, 0.5) is 26.3 Å². The number of halogens is 8. The molecular weight excluding hydrogens is 406 g/mol. The van der Waals surface area contributed by atoms with Crippen molar-refractivity contribution in [3.63, 3.8) is 0 Å². The Morgan fingerprint density at radius 3 is 2.14 bits per heavy atom. The van der Waals surface area contributed by atoms with Crippen molar-refractivity contribution in [3.05, 3.63) is 33.6 Å². The predicted octanol–water partition coefficient (Wildman–Crippen LogP) is 6.68. The molecule has 21 heavy (non-hydrogen) atoms. The molecule has 0 bridgehead atoms. The molecule has 0 N–H and O–H groups in total. The molecule has 9 heteroatoms. The standard InChI is InChI=1S/C12H6BrClF6S/c13-7-3-1-2-5-6(4-21-9(5)7)8(14)10(11(15,16)17)12(18,19)20/h1-4,8,10H. The van der Waals surface area contributed by atoms with Gasteiger partial charge >= 0.3 is 12.4 Å². The van der Waals surface area contributed by atoms with Crippen molar-refractivity contribution >= 4 is 49.0 Å². The molecule has 1 unspecified atom stereocenters. The lowest BCUT2D eigenvalue weighted by Gasteiger charge is -2.26. The third kappa shape index (κ3) is 3.32. The number of fused-ring (bicyclic) bond motifs is 1. The Hall–Kier alpha value is -0.470. The molecule has 1 heterocycles. The van der Waals surface area contributed by atoms with E-state index in [0.29, 0.717) is 9.17 Å². The lowest BCUT2D eigenvalue weighted by Crippen LogP contribution is -2.39. The molecule has 1 atom stereocenters. The molecule has 0 radical (unpaired) electrons. The molecule has 0 spiro atoms. The average Bonchev–Trinajstić information content (AvgIpc) is 2.69. The largest absolute Gasteiger partial charge is 0.402 e. The van der Waals surface area contributed by atoms with Gasteiger partial charge in [-0.15, -0.1) is 22.9 Å². The number of rotatable bonds is 2. The number of alkyl halides is 7. The van der Waals surface area contributed by atoms with Crippen molar-refractivity contribution < 1.29 is 26.3 Å². The molecule has 0 aliphatic rings. The Morgan fingerprint density at radius 1 is 1.05 bits per heavy atom. The molecule has 2 rings (SSSR count). The Morgan fingerprint density at radius 2 is 1.62 bits per heavy atom. The quantitative estimate of drug-likeness (QED) is 0.382. The van der Waals surface area contributed by atoms with Crippen LogP contribution in [0, 0.1) is 5.92 Å². The highest BCUT2D eigenvalue weighted by Gasteiger charge is 2.60. The zero-order chi connectivity index (χ0) is 16.0. The van der Waals surface area contributed by atoms with Crippen molar-refractivity contribution in [2.24, 2.45) is 5.92 Å². The SMILES string of the molecule is FC(F)(F)C(C(Cl)c1csc2c(Br)cccc12)C(F)(F)F. The summed E-state index contributed by atoms with van der Waals surface area (Å²) in [6.45, 7) is 0. The van der Waals surface area contributed by atoms with Crippen molar-refractivity contribution in [1.29, 1.82) is 0 Å². The minimum atomic E-state index is -5.47. The number of thiophene rings is 1. The van der Waals surface area contributed by atoms with Crippen LogP contribution in [0.3, 0.4) is 0 Å². The van der Waals surface area contributed by atoms with E-state index in [1.165, 1.54) is 17.5 Å². The summed E-state index contributed by atoms with van der Waals surface area (Å²) in [6, 6.07) is 4.63. The van der Waals surface area contributed by atoms with Gasteiger partial charge in [0.25, 0.3) is 0 Å². The van der Waals surface area contributed by atoms with E-state index in [1.807, 2.05) is 0 Å². The lowest BCUT2D eigenvalue weighted by atomic mass is 9.97. The Balaban J connectivity index is 2.54. The molecule has 1 aromatic carbocycles. The average molecular weight is 412 g/mol. The molecule has 116 valence electrons. The van der Waals surface area contributed by atoms with Crippen molar-refractivity contribution in [1.82, 2.24) is 0 Å². The maximum Gasteiger partial charge on any atom is 0.402 e. The normalized spacial score (nSPS) is 14.9. The third-order valence-electron chi connectivity index (χ3n) is 2.88. The molecule has 2 aromatic rings. The van der Waals surface area contributed by atoms with Gasteiger partial charge in [0, 0.05) is 9.17 Å². The predicted molar refractivity (Wildman–Crippen MR) is 73.7 cm³/mol. The number of benzene rings is 1. The van der Waals surface area contributed by atoms with E-state index in [4.69, 9.17) is 11.6 Å². The van der Waals surface area contributed by atoms with Crippen molar-refractivity contribution in [2.45, 2.75) is 17.7 Å². The van der Waals surface area contributed by atoms with Crippen molar-refractivity contribution in [2.75, 3.05) is 0 Å². The van der Waals surface area contributed by atoms with Crippen LogP contribution >= 0.6 is 38.9 Å². The van der Waals surface area contributed by atoms with E-state index in [0.717, 1.165) is 11.3 Å². The van der Waals surface area contributed by atoms with Crippen LogP contribution in [-0.4, -0.2) is 12.4 Å². The molecule has 1 aromatic heterocycles. The van der Waals surface area contributed by atoms with Crippen LogP contribution in [0.25, 0.3) is 10.1 Å². The number of hydrogen-bond donors (Lipinski definition) is 0. The summed E-state index contributed by atoms with van der Waals surface area (Å²) in [5.41, 5.74) is -0.169. The first-order chi connectivity index (χ1) is 9.53. The Labute approximate surface area is 132 Å². The van der Waals surface area contributed by atoms with Gasteiger partial charge in [-0.1, -0.05) is 12.1 Å². The summed E-state index contributed by atoms with van der Waals surface area (Å²) in [6.07, 6.45) is -10.9. The smallest absolute Gasteiger partial charge is 0.170 e. The molecular formula is C12H6BrClF6S. The molecule has 0 nitrogen and oxygen atoms in total. The van der Waals surface area contributed by atoms with Gasteiger partial charge in [-0.05, 0) is 38.3 Å². The zero-order valence-electron chi connectivity index (χ0n) is 9.90. The monoisotopic (exact) mass is 410 g/mol. The summed E-state index contributed by atoms with van der Waals surface area (Å²) < 4.78 is 77.5. The van der Waals surface area contributed by atoms with Crippen LogP contribution in [0.15, 0.2) is 28.1 Å². The molecule has 0 fully saturated rings. The molecule has 0 aliphatic carbocycles. The number of hydrogen-bond acceptors (Lipinski definition) is 1. The van der Waals surface area contributed by atoms with Crippen LogP contribution in [0.5, 0.6) is 0 Å². The van der Waals surface area contributed by atoms with Gasteiger partial charge in [-0.2, -0.15) is 26.3 Å². The van der Waals surface area contributed by atoms with Crippen LogP contribution in [0.2, 0.25) is 0 Å². The van der Waals surface area contributed by atoms with Crippen LogP contribution in [0.1, 0.15) is 10.9 Å². The third-order valence-corrected chi connectivity index (χ3v) is 5.33. The van der Waals surface area contributed by atoms with Crippen LogP contribution in [-0.2, 0) is 0 Å². The van der Waals surface area contributed by atoms with Gasteiger partial charge < -0.3 is 0 Å². The minimum Gasteiger partial charge on any atom is -0.170 e. The molecule has 0 saturated carbocycles. The topological polar surface area (TPSA) is 0 Å². The highest BCUT2D eigenvalue weighted by molar-refractivity contribution is 9.10. The fourth-order valence-electron chi connectivity index (χ4n) is 1.95. The van der Waals surface area contributed by atoms with Gasteiger partial charge in [0.05, 0.1) is 5.38 Å². The summed E-state index contributed by atoms with van der Waals surface area (Å²) in [7, 11) is 0. The van der Waals surface area contributed by atoms with Gasteiger partial charge in [0.15, 0.2) is 5.92 Å². The van der Waals surface area contributed by atoms with Gasteiger partial charge in [0.2, 0.25) is 0 Å². The second kappa shape index (κ2) is 5.62. The van der Waals surface area contributed by atoms with Crippen molar-refractivity contribution in [3.8, 4) is 0 Å². The second-order valence-corrected chi connectivity index (χ2v) is 6.47. The Kier molecular flexibility index (Phi) is 4.52. The van der Waals surface area contributed by atoms with Gasteiger partial charge in [-0.3, -0.25) is 0 Å². The fourth-order valence-corrected chi connectivity index (χ4v) is 4.15. The van der Waals surface area contributed by atoms with E-state index in [2.05, 4.69) is 15.9 Å². The second-order valence-electron chi connectivity index (χ2n) is 4.27. The zero-order valence-corrected chi connectivity index (χ0v) is 13.1. The maximum absolute atomic E-state index is 12.7. The highest BCUT2D eigenvalue weighted by Crippen LogP contribution is 2.51. The van der Waals surface area contributed by atoms with E-state index in [-0.39, 0.29) is 10.9 Å². The van der Waals surface area contributed by atoms with E-state index < -0.39 is 23.6 Å². The summed E-state index contributed by atoms with van der Waals surface area (Å²) >= 11 is 9.81. The minimum absolute atomic E-state index is 0.169. The first kappa shape index (κ1) is 16.9. The first-order valence-corrected chi connectivity index (χ1v) is 7.57. The Bertz CT molecular complexity index is 633. The summed E-state index contributed by atoms with van der Waals surface area (Å²) in [5, 5.41) is -0.710. The summed E-state index contributed by atoms with van der Waals surface area (Å²) in [5.74, 6) is -3.61. The molecule has 0 saturated heterocycles. The summed E-state index contributed by atoms with van der Waals surface area (Å²) in [4.78, 5) is 0. The molecule has 0 amide bonds.